The smallest absolute Gasteiger partial charge is 0.251 e. The van der Waals surface area contributed by atoms with Gasteiger partial charge in [0.2, 0.25) is 0 Å². The predicted octanol–water partition coefficient (Wildman–Crippen LogP) is 1.42. The molecule has 1 atom stereocenters. The van der Waals surface area contributed by atoms with Crippen LogP contribution < -0.4 is 0 Å². The third-order valence-corrected chi connectivity index (χ3v) is 2.17. The number of aliphatic hydroxyl groups excluding tert-OH is 1. The van der Waals surface area contributed by atoms with Crippen LogP contribution in [0.25, 0.3) is 0 Å². The van der Waals surface area contributed by atoms with Gasteiger partial charge in [-0.05, 0) is 5.92 Å². The molecule has 0 aromatic heterocycles. The molecular weight excluding hydrogens is 200 g/mol. The predicted molar refractivity (Wildman–Crippen MR) is 49.4 cm³/mol. The van der Waals surface area contributed by atoms with Crippen molar-refractivity contribution in [3.8, 4) is 0 Å². The zero-order valence-electron chi connectivity index (χ0n) is 7.72. The van der Waals surface area contributed by atoms with Crippen molar-refractivity contribution < 1.29 is 13.9 Å². The van der Waals surface area contributed by atoms with Crippen molar-refractivity contribution in [2.75, 3.05) is 32.1 Å². The first-order valence-electron chi connectivity index (χ1n) is 4.27. The molecular formula is C8H16ClF2NO. The summed E-state index contributed by atoms with van der Waals surface area (Å²) in [6.07, 6.45) is -2.35. The third kappa shape index (κ3) is 7.16. The van der Waals surface area contributed by atoms with Crippen molar-refractivity contribution >= 4 is 11.6 Å². The summed E-state index contributed by atoms with van der Waals surface area (Å²) in [5.41, 5.74) is 0. The van der Waals surface area contributed by atoms with Crippen LogP contribution in [-0.4, -0.2) is 48.6 Å². The van der Waals surface area contributed by atoms with Gasteiger partial charge in [0.1, 0.15) is 0 Å². The fourth-order valence-electron chi connectivity index (χ4n) is 1.08. The topological polar surface area (TPSA) is 23.5 Å². The van der Waals surface area contributed by atoms with E-state index in [-0.39, 0.29) is 25.6 Å². The lowest BCUT2D eigenvalue weighted by molar-refractivity contribution is 0.0728. The first-order valence-corrected chi connectivity index (χ1v) is 4.81. The van der Waals surface area contributed by atoms with Crippen LogP contribution in [0.5, 0.6) is 0 Å². The zero-order chi connectivity index (χ0) is 10.3. The highest BCUT2D eigenvalue weighted by atomic mass is 35.5. The molecule has 0 aromatic rings. The van der Waals surface area contributed by atoms with Gasteiger partial charge >= 0.3 is 0 Å². The Balaban J connectivity index is 3.78. The molecule has 0 amide bonds. The molecule has 0 aliphatic heterocycles. The van der Waals surface area contributed by atoms with Crippen molar-refractivity contribution in [3.05, 3.63) is 0 Å². The van der Waals surface area contributed by atoms with Crippen LogP contribution in [0.1, 0.15) is 6.92 Å². The highest BCUT2D eigenvalue weighted by Gasteiger charge is 2.13. The van der Waals surface area contributed by atoms with Crippen LogP contribution >= 0.6 is 11.6 Å². The molecule has 0 spiro atoms. The van der Waals surface area contributed by atoms with E-state index in [2.05, 4.69) is 0 Å². The Hall–Kier alpha value is 0.0700. The summed E-state index contributed by atoms with van der Waals surface area (Å²) in [7, 11) is 0. The van der Waals surface area contributed by atoms with Crippen LogP contribution in [0.3, 0.4) is 0 Å². The van der Waals surface area contributed by atoms with Crippen molar-refractivity contribution in [3.63, 3.8) is 0 Å². The largest absolute Gasteiger partial charge is 0.395 e. The molecule has 0 bridgehead atoms. The van der Waals surface area contributed by atoms with Crippen LogP contribution in [0.4, 0.5) is 8.78 Å². The van der Waals surface area contributed by atoms with E-state index in [1.165, 1.54) is 4.90 Å². The molecule has 0 saturated carbocycles. The van der Waals surface area contributed by atoms with Gasteiger partial charge in [-0.1, -0.05) is 6.92 Å². The van der Waals surface area contributed by atoms with Crippen molar-refractivity contribution in [1.29, 1.82) is 0 Å². The van der Waals surface area contributed by atoms with Gasteiger partial charge in [-0.15, -0.1) is 11.6 Å². The molecule has 5 heteroatoms. The van der Waals surface area contributed by atoms with E-state index >= 15 is 0 Å². The highest BCUT2D eigenvalue weighted by Crippen LogP contribution is 2.04. The van der Waals surface area contributed by atoms with Gasteiger partial charge in [0.25, 0.3) is 6.43 Å². The molecule has 13 heavy (non-hydrogen) atoms. The third-order valence-electron chi connectivity index (χ3n) is 1.65. The molecule has 80 valence electrons. The lowest BCUT2D eigenvalue weighted by atomic mass is 10.2. The maximum absolute atomic E-state index is 12.0. The zero-order valence-corrected chi connectivity index (χ0v) is 8.47. The van der Waals surface area contributed by atoms with Crippen LogP contribution in [-0.2, 0) is 0 Å². The second-order valence-corrected chi connectivity index (χ2v) is 3.44. The Kier molecular flexibility index (Phi) is 7.51. The number of hydrogen-bond acceptors (Lipinski definition) is 2. The summed E-state index contributed by atoms with van der Waals surface area (Å²) >= 11 is 5.56. The summed E-state index contributed by atoms with van der Waals surface area (Å²) in [6, 6.07) is 0. The van der Waals surface area contributed by atoms with Gasteiger partial charge in [0, 0.05) is 19.0 Å². The minimum absolute atomic E-state index is 0.0955. The van der Waals surface area contributed by atoms with Crippen molar-refractivity contribution in [2.24, 2.45) is 5.92 Å². The van der Waals surface area contributed by atoms with Crippen molar-refractivity contribution in [2.45, 2.75) is 13.3 Å². The number of alkyl halides is 3. The second-order valence-electron chi connectivity index (χ2n) is 3.13. The molecule has 0 aromatic carbocycles. The SMILES string of the molecule is CC(CCl)CN(CCO)CC(F)F. The molecule has 0 radical (unpaired) electrons. The van der Waals surface area contributed by atoms with Crippen LogP contribution in [0, 0.1) is 5.92 Å². The van der Waals surface area contributed by atoms with Gasteiger partial charge in [-0.2, -0.15) is 0 Å². The summed E-state index contributed by atoms with van der Waals surface area (Å²) in [4.78, 5) is 1.53. The number of aliphatic hydroxyl groups is 1. The Morgan fingerprint density at radius 1 is 1.38 bits per heavy atom. The van der Waals surface area contributed by atoms with E-state index < -0.39 is 6.43 Å². The van der Waals surface area contributed by atoms with E-state index in [0.29, 0.717) is 12.4 Å². The standard InChI is InChI=1S/C8H16ClF2NO/c1-7(4-9)5-12(2-3-13)6-8(10)11/h7-8,13H,2-6H2,1H3. The van der Waals surface area contributed by atoms with Gasteiger partial charge in [-0.3, -0.25) is 4.90 Å². The minimum Gasteiger partial charge on any atom is -0.395 e. The molecule has 0 aliphatic carbocycles. The molecule has 1 unspecified atom stereocenters. The van der Waals surface area contributed by atoms with E-state index in [0.717, 1.165) is 0 Å². The Bertz CT molecular complexity index is 127. The van der Waals surface area contributed by atoms with Gasteiger partial charge in [0.05, 0.1) is 13.2 Å². The second kappa shape index (κ2) is 7.47. The monoisotopic (exact) mass is 215 g/mol. The van der Waals surface area contributed by atoms with Gasteiger partial charge in [0.15, 0.2) is 0 Å². The molecule has 1 N–H and O–H groups in total. The number of rotatable bonds is 7. The van der Waals surface area contributed by atoms with Crippen LogP contribution in [0.2, 0.25) is 0 Å². The molecule has 0 rings (SSSR count). The quantitative estimate of drug-likeness (QED) is 0.650. The number of nitrogens with zero attached hydrogens (tertiary/aromatic N) is 1. The molecule has 0 aliphatic rings. The summed E-state index contributed by atoms with van der Waals surface area (Å²) in [5, 5.41) is 8.62. The first-order chi connectivity index (χ1) is 6.10. The summed E-state index contributed by atoms with van der Waals surface area (Å²) in [5.74, 6) is 0.623. The van der Waals surface area contributed by atoms with Gasteiger partial charge < -0.3 is 5.11 Å². The van der Waals surface area contributed by atoms with E-state index in [1.54, 1.807) is 0 Å². The normalized spacial score (nSPS) is 14.1. The average molecular weight is 216 g/mol. The maximum atomic E-state index is 12.0. The van der Waals surface area contributed by atoms with E-state index in [1.807, 2.05) is 6.92 Å². The fraction of sp³-hybridized carbons (Fsp3) is 1.00. The molecule has 0 heterocycles. The van der Waals surface area contributed by atoms with Crippen LogP contribution in [0.15, 0.2) is 0 Å². The Labute approximate surface area is 82.5 Å². The molecule has 0 fully saturated rings. The minimum atomic E-state index is -2.35. The highest BCUT2D eigenvalue weighted by molar-refractivity contribution is 6.18. The fourth-order valence-corrected chi connectivity index (χ4v) is 1.18. The van der Waals surface area contributed by atoms with E-state index in [4.69, 9.17) is 16.7 Å². The Morgan fingerprint density at radius 2 is 2.00 bits per heavy atom. The number of halogens is 3. The summed E-state index contributed by atoms with van der Waals surface area (Å²) < 4.78 is 24.0. The Morgan fingerprint density at radius 3 is 2.38 bits per heavy atom. The molecule has 2 nitrogen and oxygen atoms in total. The maximum Gasteiger partial charge on any atom is 0.251 e. The lowest BCUT2D eigenvalue weighted by Gasteiger charge is -2.23. The lowest BCUT2D eigenvalue weighted by Crippen LogP contribution is -2.35. The summed E-state index contributed by atoms with van der Waals surface area (Å²) in [6.45, 7) is 2.30. The van der Waals surface area contributed by atoms with Gasteiger partial charge in [-0.25, -0.2) is 8.78 Å². The number of hydrogen-bond donors (Lipinski definition) is 1. The first kappa shape index (κ1) is 13.1. The van der Waals surface area contributed by atoms with Crippen molar-refractivity contribution in [1.82, 2.24) is 4.90 Å². The van der Waals surface area contributed by atoms with E-state index in [9.17, 15) is 8.78 Å². The molecule has 0 saturated heterocycles. The average Bonchev–Trinajstić information content (AvgIpc) is 2.03.